The fourth-order valence-electron chi connectivity index (χ4n) is 3.99. The van der Waals surface area contributed by atoms with E-state index in [4.69, 9.17) is 5.73 Å². The molecule has 1 aliphatic rings. The van der Waals surface area contributed by atoms with Crippen LogP contribution in [-0.4, -0.2) is 16.1 Å². The third-order valence-corrected chi connectivity index (χ3v) is 5.86. The molecule has 7 heteroatoms. The largest absolute Gasteiger partial charge is 0.393 e. The molecule has 0 bridgehead atoms. The highest BCUT2D eigenvalue weighted by Crippen LogP contribution is 2.40. The van der Waals surface area contributed by atoms with Crippen LogP contribution in [0.2, 0.25) is 0 Å². The van der Waals surface area contributed by atoms with Crippen LogP contribution in [0.1, 0.15) is 47.4 Å². The van der Waals surface area contributed by atoms with Gasteiger partial charge in [-0.1, -0.05) is 36.8 Å². The van der Waals surface area contributed by atoms with Gasteiger partial charge in [0.25, 0.3) is 0 Å². The SMILES string of the molecule is Nc1cnc(-c2ccc(C3CCC3)c(CCc3ccc(CC(F)(F)F)cc3)c2F)cn1. The molecule has 1 aliphatic carbocycles. The molecule has 1 fully saturated rings. The zero-order valence-corrected chi connectivity index (χ0v) is 16.9. The molecular formula is C24H23F4N3. The number of nitrogens with two attached hydrogens (primary N) is 1. The number of halogens is 4. The van der Waals surface area contributed by atoms with Crippen molar-refractivity contribution in [3.63, 3.8) is 0 Å². The van der Waals surface area contributed by atoms with Crippen molar-refractivity contribution in [2.24, 2.45) is 0 Å². The number of hydrogen-bond acceptors (Lipinski definition) is 3. The molecule has 4 rings (SSSR count). The highest BCUT2D eigenvalue weighted by molar-refractivity contribution is 5.62. The van der Waals surface area contributed by atoms with Gasteiger partial charge in [0, 0.05) is 5.56 Å². The maximum Gasteiger partial charge on any atom is 0.393 e. The van der Waals surface area contributed by atoms with Crippen molar-refractivity contribution in [2.75, 3.05) is 5.73 Å². The Hall–Kier alpha value is -2.96. The highest BCUT2D eigenvalue weighted by atomic mass is 19.4. The van der Waals surface area contributed by atoms with Crippen molar-refractivity contribution in [2.45, 2.75) is 50.6 Å². The average Bonchev–Trinajstić information content (AvgIpc) is 2.67. The van der Waals surface area contributed by atoms with E-state index < -0.39 is 12.6 Å². The lowest BCUT2D eigenvalue weighted by atomic mass is 9.77. The van der Waals surface area contributed by atoms with Crippen molar-refractivity contribution >= 4 is 5.82 Å². The fraction of sp³-hybridized carbons (Fsp3) is 0.333. The van der Waals surface area contributed by atoms with E-state index in [2.05, 4.69) is 9.97 Å². The van der Waals surface area contributed by atoms with Crippen LogP contribution in [-0.2, 0) is 19.3 Å². The molecule has 0 atom stereocenters. The Balaban J connectivity index is 1.58. The van der Waals surface area contributed by atoms with E-state index in [9.17, 15) is 13.2 Å². The number of nitrogens with zero attached hydrogens (tertiary/aromatic N) is 2. The van der Waals surface area contributed by atoms with Crippen LogP contribution in [0.15, 0.2) is 48.8 Å². The normalized spacial score (nSPS) is 14.5. The zero-order valence-electron chi connectivity index (χ0n) is 16.9. The van der Waals surface area contributed by atoms with Crippen LogP contribution in [0.4, 0.5) is 23.4 Å². The van der Waals surface area contributed by atoms with Crippen molar-refractivity contribution in [3.05, 3.63) is 76.9 Å². The van der Waals surface area contributed by atoms with Gasteiger partial charge < -0.3 is 5.73 Å². The van der Waals surface area contributed by atoms with E-state index in [0.717, 1.165) is 30.4 Å². The maximum atomic E-state index is 15.6. The van der Waals surface area contributed by atoms with Crippen molar-refractivity contribution in [1.29, 1.82) is 0 Å². The van der Waals surface area contributed by atoms with Gasteiger partial charge in [-0.05, 0) is 59.9 Å². The molecule has 3 nitrogen and oxygen atoms in total. The summed E-state index contributed by atoms with van der Waals surface area (Å²) in [5.74, 6) is 0.312. The van der Waals surface area contributed by atoms with Gasteiger partial charge >= 0.3 is 6.18 Å². The summed E-state index contributed by atoms with van der Waals surface area (Å²) in [5, 5.41) is 0. The molecule has 162 valence electrons. The quantitative estimate of drug-likeness (QED) is 0.487. The van der Waals surface area contributed by atoms with Crippen LogP contribution in [0, 0.1) is 5.82 Å². The summed E-state index contributed by atoms with van der Waals surface area (Å²) in [6.45, 7) is 0. The third kappa shape index (κ3) is 5.03. The number of aromatic nitrogens is 2. The Bertz CT molecular complexity index is 1040. The molecule has 1 heterocycles. The maximum absolute atomic E-state index is 15.6. The zero-order chi connectivity index (χ0) is 22.0. The fourth-order valence-corrected chi connectivity index (χ4v) is 3.99. The second kappa shape index (κ2) is 8.65. The number of anilines is 1. The van der Waals surface area contributed by atoms with Gasteiger partial charge in [-0.2, -0.15) is 13.2 Å². The minimum atomic E-state index is -4.23. The van der Waals surface area contributed by atoms with Crippen LogP contribution < -0.4 is 5.73 Å². The summed E-state index contributed by atoms with van der Waals surface area (Å²) in [6, 6.07) is 10.1. The van der Waals surface area contributed by atoms with Gasteiger partial charge in [0.15, 0.2) is 0 Å². The highest BCUT2D eigenvalue weighted by Gasteiger charge is 2.28. The van der Waals surface area contributed by atoms with Crippen molar-refractivity contribution < 1.29 is 17.6 Å². The molecule has 1 aromatic heterocycles. The second-order valence-corrected chi connectivity index (χ2v) is 8.06. The molecule has 0 aliphatic heterocycles. The van der Waals surface area contributed by atoms with E-state index >= 15 is 4.39 Å². The van der Waals surface area contributed by atoms with Crippen molar-refractivity contribution in [1.82, 2.24) is 9.97 Å². The van der Waals surface area contributed by atoms with Gasteiger partial charge in [0.2, 0.25) is 0 Å². The van der Waals surface area contributed by atoms with E-state index in [0.29, 0.717) is 35.6 Å². The Morgan fingerprint density at radius 3 is 2.19 bits per heavy atom. The molecule has 0 unspecified atom stereocenters. The van der Waals surface area contributed by atoms with Gasteiger partial charge in [0.05, 0.1) is 24.5 Å². The summed E-state index contributed by atoms with van der Waals surface area (Å²) in [6.07, 6.45) is 1.91. The van der Waals surface area contributed by atoms with Gasteiger partial charge in [0.1, 0.15) is 11.6 Å². The lowest BCUT2D eigenvalue weighted by Crippen LogP contribution is -2.14. The molecule has 3 aromatic rings. The smallest absolute Gasteiger partial charge is 0.382 e. The monoisotopic (exact) mass is 429 g/mol. The molecule has 0 spiro atoms. The predicted molar refractivity (Wildman–Crippen MR) is 112 cm³/mol. The lowest BCUT2D eigenvalue weighted by Gasteiger charge is -2.29. The van der Waals surface area contributed by atoms with Gasteiger partial charge in [-0.25, -0.2) is 9.37 Å². The van der Waals surface area contributed by atoms with E-state index in [1.165, 1.54) is 24.5 Å². The number of aryl methyl sites for hydroxylation is 1. The Morgan fingerprint density at radius 2 is 1.61 bits per heavy atom. The van der Waals surface area contributed by atoms with Crippen LogP contribution >= 0.6 is 0 Å². The minimum absolute atomic E-state index is 0.224. The molecule has 2 aromatic carbocycles. The molecule has 2 N–H and O–H groups in total. The Morgan fingerprint density at radius 1 is 0.903 bits per heavy atom. The Kier molecular flexibility index (Phi) is 5.94. The summed E-state index contributed by atoms with van der Waals surface area (Å²) in [5.41, 5.74) is 9.16. The molecule has 0 amide bonds. The molecule has 0 radical (unpaired) electrons. The first-order chi connectivity index (χ1) is 14.8. The number of benzene rings is 2. The van der Waals surface area contributed by atoms with Crippen LogP contribution in [0.5, 0.6) is 0 Å². The van der Waals surface area contributed by atoms with E-state index in [-0.39, 0.29) is 17.2 Å². The third-order valence-electron chi connectivity index (χ3n) is 5.86. The molecular weight excluding hydrogens is 406 g/mol. The first-order valence-corrected chi connectivity index (χ1v) is 10.3. The van der Waals surface area contributed by atoms with Crippen LogP contribution in [0.3, 0.4) is 0 Å². The number of alkyl halides is 3. The summed E-state index contributed by atoms with van der Waals surface area (Å²) < 4.78 is 53.2. The average molecular weight is 429 g/mol. The minimum Gasteiger partial charge on any atom is -0.382 e. The van der Waals surface area contributed by atoms with Crippen molar-refractivity contribution in [3.8, 4) is 11.3 Å². The Labute approximate surface area is 178 Å². The predicted octanol–water partition coefficient (Wildman–Crippen LogP) is 6.02. The summed E-state index contributed by atoms with van der Waals surface area (Å²) in [4.78, 5) is 8.20. The standard InChI is InChI=1S/C24H23F4N3/c25-23-19(9-8-15-4-6-16(7-5-15)12-24(26,27)28)18(17-2-1-3-17)10-11-20(23)21-13-31-22(29)14-30-21/h4-7,10-11,13-14,17H,1-3,8-9,12H2,(H2,29,31). The molecule has 0 saturated heterocycles. The summed E-state index contributed by atoms with van der Waals surface area (Å²) in [7, 11) is 0. The number of rotatable bonds is 6. The molecule has 1 saturated carbocycles. The topological polar surface area (TPSA) is 51.8 Å². The van der Waals surface area contributed by atoms with E-state index in [1.807, 2.05) is 6.07 Å². The first-order valence-electron chi connectivity index (χ1n) is 10.3. The number of nitrogen functional groups attached to an aromatic ring is 1. The summed E-state index contributed by atoms with van der Waals surface area (Å²) >= 11 is 0. The number of hydrogen-bond donors (Lipinski definition) is 1. The molecule has 31 heavy (non-hydrogen) atoms. The van der Waals surface area contributed by atoms with Gasteiger partial charge in [-0.15, -0.1) is 0 Å². The first kappa shape index (κ1) is 21.3. The van der Waals surface area contributed by atoms with Crippen LogP contribution in [0.25, 0.3) is 11.3 Å². The van der Waals surface area contributed by atoms with Gasteiger partial charge in [-0.3, -0.25) is 4.98 Å². The lowest BCUT2D eigenvalue weighted by molar-refractivity contribution is -0.127. The van der Waals surface area contributed by atoms with E-state index in [1.54, 1.807) is 18.2 Å². The second-order valence-electron chi connectivity index (χ2n) is 8.06.